The molecule has 1 aromatic carbocycles. The summed E-state index contributed by atoms with van der Waals surface area (Å²) >= 11 is 0. The minimum Gasteiger partial charge on any atom is -0.444 e. The summed E-state index contributed by atoms with van der Waals surface area (Å²) in [6.07, 6.45) is 2.63. The van der Waals surface area contributed by atoms with Crippen molar-refractivity contribution in [3.63, 3.8) is 0 Å². The van der Waals surface area contributed by atoms with Crippen LogP contribution in [0, 0.1) is 0 Å². The van der Waals surface area contributed by atoms with E-state index in [-0.39, 0.29) is 12.2 Å². The molecule has 13 nitrogen and oxygen atoms in total. The Morgan fingerprint density at radius 3 is 2.49 bits per heavy atom. The van der Waals surface area contributed by atoms with Crippen LogP contribution in [0.2, 0.25) is 0 Å². The number of carbonyl (C=O) groups excluding carboxylic acids is 2. The maximum Gasteiger partial charge on any atom is 0.407 e. The van der Waals surface area contributed by atoms with Crippen LogP contribution in [0.3, 0.4) is 0 Å². The third-order valence-electron chi connectivity index (χ3n) is 4.70. The van der Waals surface area contributed by atoms with Crippen molar-refractivity contribution in [2.45, 2.75) is 45.8 Å². The highest BCUT2D eigenvalue weighted by molar-refractivity contribution is 5.73. The molecule has 1 atom stereocenters. The lowest BCUT2D eigenvalue weighted by molar-refractivity contribution is -0.148. The van der Waals surface area contributed by atoms with Crippen molar-refractivity contribution in [1.82, 2.24) is 40.9 Å². The Morgan fingerprint density at radius 1 is 1.08 bits per heavy atom. The Balaban J connectivity index is 1.29. The Bertz CT molecular complexity index is 1330. The van der Waals surface area contributed by atoms with E-state index in [9.17, 15) is 9.59 Å². The van der Waals surface area contributed by atoms with E-state index in [1.807, 2.05) is 12.1 Å². The highest BCUT2D eigenvalue weighted by atomic mass is 16.7. The Morgan fingerprint density at radius 2 is 1.84 bits per heavy atom. The fraction of sp³-hybridized carbons (Fsp3) is 0.292. The second kappa shape index (κ2) is 10.8. The van der Waals surface area contributed by atoms with Gasteiger partial charge in [0, 0.05) is 40.6 Å². The predicted molar refractivity (Wildman–Crippen MR) is 130 cm³/mol. The number of nitrogens with one attached hydrogen (secondary N) is 2. The van der Waals surface area contributed by atoms with Crippen LogP contribution >= 0.6 is 0 Å². The molecule has 0 saturated carbocycles. The number of alkyl carbamates (subject to hydrolysis) is 1. The van der Waals surface area contributed by atoms with Gasteiger partial charge in [-0.1, -0.05) is 5.10 Å². The van der Waals surface area contributed by atoms with E-state index in [1.54, 1.807) is 70.4 Å². The third-order valence-corrected chi connectivity index (χ3v) is 4.70. The number of rotatable bonds is 8. The van der Waals surface area contributed by atoms with Crippen LogP contribution in [-0.2, 0) is 9.53 Å². The number of H-pyrrole nitrogens is 1. The van der Waals surface area contributed by atoms with Crippen LogP contribution in [0.25, 0.3) is 22.6 Å². The van der Waals surface area contributed by atoms with E-state index in [1.165, 1.54) is 0 Å². The monoisotopic (exact) mass is 506 g/mol. The molecule has 0 aliphatic carbocycles. The Kier molecular flexibility index (Phi) is 7.41. The molecule has 0 spiro atoms. The van der Waals surface area contributed by atoms with Crippen molar-refractivity contribution in [2.24, 2.45) is 0 Å². The zero-order chi connectivity index (χ0) is 26.4. The van der Waals surface area contributed by atoms with Crippen LogP contribution in [-0.4, -0.2) is 59.3 Å². The molecule has 1 amide bonds. The summed E-state index contributed by atoms with van der Waals surface area (Å²) in [5.41, 5.74) is 1.75. The van der Waals surface area contributed by atoms with Gasteiger partial charge in [-0.2, -0.15) is 5.10 Å². The summed E-state index contributed by atoms with van der Waals surface area (Å²) < 4.78 is 10.9. The first kappa shape index (κ1) is 25.3. The van der Waals surface area contributed by atoms with Gasteiger partial charge in [0.2, 0.25) is 11.7 Å². The van der Waals surface area contributed by atoms with Gasteiger partial charge in [0.05, 0.1) is 12.1 Å². The first-order valence-corrected chi connectivity index (χ1v) is 11.4. The fourth-order valence-corrected chi connectivity index (χ4v) is 3.10. The standard InChI is InChI=1S/C24H26N8O5/c1-15(27-23(34)36-24(2,3)4)13-21(33)37-32-30-22(29-31-32)16-5-8-18(9-6-16)35-20-10-7-17(14-25-20)19-11-12-26-28-19/h5-12,14-15H,13H2,1-4H3,(H,26,28)(H,27,34)/t15-/m0/s1. The van der Waals surface area contributed by atoms with E-state index >= 15 is 0 Å². The SMILES string of the molecule is C[C@@H](CC(=O)On1nnc(-c2ccc(Oc3ccc(-c4ccn[nH]4)cn3)cc2)n1)NC(=O)OC(C)(C)C. The smallest absolute Gasteiger partial charge is 0.407 e. The number of aromatic nitrogens is 7. The van der Waals surface area contributed by atoms with Crippen LogP contribution in [0.1, 0.15) is 34.1 Å². The van der Waals surface area contributed by atoms with E-state index in [2.05, 4.69) is 35.9 Å². The lowest BCUT2D eigenvalue weighted by Gasteiger charge is -2.21. The summed E-state index contributed by atoms with van der Waals surface area (Å²) in [7, 11) is 0. The van der Waals surface area contributed by atoms with Gasteiger partial charge in [-0.25, -0.2) is 14.6 Å². The molecule has 0 aliphatic heterocycles. The first-order chi connectivity index (χ1) is 17.6. The number of amides is 1. The van der Waals surface area contributed by atoms with Crippen LogP contribution in [0.4, 0.5) is 4.79 Å². The highest BCUT2D eigenvalue weighted by Crippen LogP contribution is 2.24. The summed E-state index contributed by atoms with van der Waals surface area (Å²) in [6, 6.07) is 11.9. The number of pyridine rings is 1. The number of ether oxygens (including phenoxy) is 2. The summed E-state index contributed by atoms with van der Waals surface area (Å²) in [5, 5.41) is 21.1. The van der Waals surface area contributed by atoms with Gasteiger partial charge in [-0.15, -0.1) is 5.10 Å². The molecule has 37 heavy (non-hydrogen) atoms. The summed E-state index contributed by atoms with van der Waals surface area (Å²) in [4.78, 5) is 34.1. The van der Waals surface area contributed by atoms with Crippen molar-refractivity contribution in [3.8, 4) is 34.3 Å². The topological polar surface area (TPSA) is 159 Å². The molecule has 0 bridgehead atoms. The molecule has 192 valence electrons. The van der Waals surface area contributed by atoms with Gasteiger partial charge in [0.1, 0.15) is 11.4 Å². The number of aromatic amines is 1. The normalized spacial score (nSPS) is 12.0. The van der Waals surface area contributed by atoms with Crippen molar-refractivity contribution in [3.05, 3.63) is 54.9 Å². The van der Waals surface area contributed by atoms with Gasteiger partial charge in [-0.3, -0.25) is 5.10 Å². The fourth-order valence-electron chi connectivity index (χ4n) is 3.10. The van der Waals surface area contributed by atoms with Gasteiger partial charge in [0.15, 0.2) is 0 Å². The van der Waals surface area contributed by atoms with E-state index < -0.39 is 23.7 Å². The molecule has 3 heterocycles. The number of carbonyl (C=O) groups is 2. The minimum absolute atomic E-state index is 0.112. The summed E-state index contributed by atoms with van der Waals surface area (Å²) in [6.45, 7) is 6.90. The van der Waals surface area contributed by atoms with Crippen molar-refractivity contribution < 1.29 is 23.9 Å². The second-order valence-corrected chi connectivity index (χ2v) is 9.06. The molecule has 0 fully saturated rings. The molecule has 0 saturated heterocycles. The third kappa shape index (κ3) is 7.34. The van der Waals surface area contributed by atoms with Crippen molar-refractivity contribution in [2.75, 3.05) is 0 Å². The highest BCUT2D eigenvalue weighted by Gasteiger charge is 2.20. The first-order valence-electron chi connectivity index (χ1n) is 11.4. The van der Waals surface area contributed by atoms with Gasteiger partial charge >= 0.3 is 12.1 Å². The van der Waals surface area contributed by atoms with Crippen LogP contribution in [0.15, 0.2) is 54.9 Å². The van der Waals surface area contributed by atoms with Gasteiger partial charge in [-0.05, 0) is 69.3 Å². The molecule has 2 N–H and O–H groups in total. The Hall–Kier alpha value is -4.81. The maximum absolute atomic E-state index is 12.2. The largest absolute Gasteiger partial charge is 0.444 e. The zero-order valence-corrected chi connectivity index (χ0v) is 20.7. The average Bonchev–Trinajstić information content (AvgIpc) is 3.51. The van der Waals surface area contributed by atoms with E-state index in [4.69, 9.17) is 14.3 Å². The maximum atomic E-state index is 12.2. The van der Waals surface area contributed by atoms with E-state index in [0.29, 0.717) is 17.2 Å². The average molecular weight is 507 g/mol. The lowest BCUT2D eigenvalue weighted by atomic mass is 10.2. The Labute approximate surface area is 212 Å². The number of tetrazole rings is 1. The van der Waals surface area contributed by atoms with Gasteiger partial charge < -0.3 is 19.6 Å². The van der Waals surface area contributed by atoms with Crippen LogP contribution in [0.5, 0.6) is 11.6 Å². The molecule has 0 aliphatic rings. The molecule has 0 radical (unpaired) electrons. The molecular weight excluding hydrogens is 480 g/mol. The molecule has 4 aromatic rings. The molecule has 4 rings (SSSR count). The van der Waals surface area contributed by atoms with Crippen molar-refractivity contribution in [1.29, 1.82) is 0 Å². The minimum atomic E-state index is -0.651. The van der Waals surface area contributed by atoms with E-state index in [0.717, 1.165) is 16.2 Å². The second-order valence-electron chi connectivity index (χ2n) is 9.06. The molecule has 13 heteroatoms. The summed E-state index contributed by atoms with van der Waals surface area (Å²) in [5.74, 6) is 0.599. The number of nitrogens with zero attached hydrogens (tertiary/aromatic N) is 6. The number of hydrogen-bond donors (Lipinski definition) is 2. The number of hydrogen-bond acceptors (Lipinski definition) is 10. The molecule has 3 aromatic heterocycles. The van der Waals surface area contributed by atoms with Crippen LogP contribution < -0.4 is 14.9 Å². The quantitative estimate of drug-likeness (QED) is 0.340. The predicted octanol–water partition coefficient (Wildman–Crippen LogP) is 3.18. The van der Waals surface area contributed by atoms with Gasteiger partial charge in [0.25, 0.3) is 0 Å². The molecular formula is C24H26N8O5. The number of benzene rings is 1. The van der Waals surface area contributed by atoms with Crippen molar-refractivity contribution >= 4 is 12.1 Å². The zero-order valence-electron chi connectivity index (χ0n) is 20.7. The molecule has 0 unspecified atom stereocenters. The lowest BCUT2D eigenvalue weighted by Crippen LogP contribution is -2.39.